The Morgan fingerprint density at radius 2 is 2.14 bits per heavy atom. The van der Waals surface area contributed by atoms with Crippen LogP contribution in [0.25, 0.3) is 10.8 Å². The zero-order chi connectivity index (χ0) is 15.5. The summed E-state index contributed by atoms with van der Waals surface area (Å²) in [7, 11) is 0. The molecule has 0 aliphatic carbocycles. The molecule has 4 nitrogen and oxygen atoms in total. The van der Waals surface area contributed by atoms with Gasteiger partial charge in [0.25, 0.3) is 0 Å². The Labute approximate surface area is 139 Å². The second-order valence-corrected chi connectivity index (χ2v) is 6.38. The van der Waals surface area contributed by atoms with E-state index in [0.29, 0.717) is 23.1 Å². The van der Waals surface area contributed by atoms with Crippen molar-refractivity contribution < 1.29 is 13.9 Å². The first-order valence-electron chi connectivity index (χ1n) is 6.59. The summed E-state index contributed by atoms with van der Waals surface area (Å²) >= 11 is 4.89. The van der Waals surface area contributed by atoms with Gasteiger partial charge in [0.1, 0.15) is 11.5 Å². The van der Waals surface area contributed by atoms with Crippen LogP contribution in [-0.4, -0.2) is 11.0 Å². The van der Waals surface area contributed by atoms with Gasteiger partial charge in [-0.05, 0) is 46.4 Å². The number of ether oxygens (including phenoxy) is 1. The van der Waals surface area contributed by atoms with Gasteiger partial charge in [-0.2, -0.15) is 0 Å². The van der Waals surface area contributed by atoms with Gasteiger partial charge < -0.3 is 9.15 Å². The van der Waals surface area contributed by atoms with Crippen LogP contribution in [0.2, 0.25) is 0 Å². The molecule has 0 radical (unpaired) electrons. The number of oxazole rings is 1. The van der Waals surface area contributed by atoms with Crippen molar-refractivity contribution in [2.24, 2.45) is 0 Å². The normalized spacial score (nSPS) is 10.6. The highest BCUT2D eigenvalue weighted by Crippen LogP contribution is 2.27. The fraction of sp³-hybridized carbons (Fsp3) is 0.125. The van der Waals surface area contributed by atoms with Crippen LogP contribution in [0.4, 0.5) is 0 Å². The monoisotopic (exact) mass is 377 g/mol. The molecule has 0 amide bonds. The molecule has 2 aromatic heterocycles. The van der Waals surface area contributed by atoms with Crippen molar-refractivity contribution in [1.82, 2.24) is 4.98 Å². The summed E-state index contributed by atoms with van der Waals surface area (Å²) in [6.45, 7) is 1.80. The predicted molar refractivity (Wildman–Crippen MR) is 88.0 cm³/mol. The zero-order valence-corrected chi connectivity index (χ0v) is 14.1. The number of carbonyl (C=O) groups is 1. The smallest absolute Gasteiger partial charge is 0.317 e. The number of esters is 1. The lowest BCUT2D eigenvalue weighted by molar-refractivity contribution is -0.133. The standard InChI is InChI=1S/C16H12BrNO3S/c1-10-12(18-16(20-10)14-7-4-8-22-14)9-15(19)21-13-6-3-2-5-11(13)17/h2-8H,9H2,1H3. The first-order valence-corrected chi connectivity index (χ1v) is 8.26. The summed E-state index contributed by atoms with van der Waals surface area (Å²) in [5, 5.41) is 1.95. The number of hydrogen-bond donors (Lipinski definition) is 0. The minimum absolute atomic E-state index is 0.0715. The molecular weight excluding hydrogens is 366 g/mol. The molecule has 1 aromatic carbocycles. The van der Waals surface area contributed by atoms with Crippen LogP contribution < -0.4 is 4.74 Å². The van der Waals surface area contributed by atoms with E-state index in [-0.39, 0.29) is 12.4 Å². The van der Waals surface area contributed by atoms with E-state index < -0.39 is 0 Å². The van der Waals surface area contributed by atoms with Crippen LogP contribution in [-0.2, 0) is 11.2 Å². The number of aryl methyl sites for hydroxylation is 1. The van der Waals surface area contributed by atoms with Crippen molar-refractivity contribution in [3.8, 4) is 16.5 Å². The fourth-order valence-corrected chi connectivity index (χ4v) is 2.94. The summed E-state index contributed by atoms with van der Waals surface area (Å²) in [5.74, 6) is 1.29. The number of nitrogens with zero attached hydrogens (tertiary/aromatic N) is 1. The molecule has 2 heterocycles. The molecule has 0 spiro atoms. The summed E-state index contributed by atoms with van der Waals surface area (Å²) in [5.41, 5.74) is 0.598. The van der Waals surface area contributed by atoms with Crippen LogP contribution >= 0.6 is 27.3 Å². The molecule has 0 bridgehead atoms. The third-order valence-corrected chi connectivity index (χ3v) is 4.51. The predicted octanol–water partition coefficient (Wildman–Crippen LogP) is 4.62. The molecule has 0 unspecified atom stereocenters. The van der Waals surface area contributed by atoms with Gasteiger partial charge in [-0.15, -0.1) is 11.3 Å². The molecule has 0 saturated carbocycles. The van der Waals surface area contributed by atoms with Crippen LogP contribution in [0.3, 0.4) is 0 Å². The van der Waals surface area contributed by atoms with E-state index in [4.69, 9.17) is 9.15 Å². The summed E-state index contributed by atoms with van der Waals surface area (Å²) in [6, 6.07) is 11.1. The first kappa shape index (κ1) is 15.0. The lowest BCUT2D eigenvalue weighted by Gasteiger charge is -2.04. The Bertz CT molecular complexity index is 796. The molecule has 112 valence electrons. The van der Waals surface area contributed by atoms with Crippen molar-refractivity contribution in [3.05, 3.63) is 57.7 Å². The van der Waals surface area contributed by atoms with Gasteiger partial charge >= 0.3 is 5.97 Å². The first-order chi connectivity index (χ1) is 10.6. The number of para-hydroxylation sites is 1. The van der Waals surface area contributed by atoms with Gasteiger partial charge in [-0.1, -0.05) is 18.2 Å². The molecule has 22 heavy (non-hydrogen) atoms. The average Bonchev–Trinajstić information content (AvgIpc) is 3.12. The van der Waals surface area contributed by atoms with E-state index in [9.17, 15) is 4.79 Å². The minimum Gasteiger partial charge on any atom is -0.440 e. The average molecular weight is 378 g/mol. The van der Waals surface area contributed by atoms with Crippen LogP contribution in [0.15, 0.2) is 50.7 Å². The van der Waals surface area contributed by atoms with E-state index in [0.717, 1.165) is 9.35 Å². The Morgan fingerprint density at radius 1 is 1.32 bits per heavy atom. The molecule has 0 atom stereocenters. The van der Waals surface area contributed by atoms with E-state index in [1.165, 1.54) is 0 Å². The third kappa shape index (κ3) is 3.28. The van der Waals surface area contributed by atoms with Crippen molar-refractivity contribution in [3.63, 3.8) is 0 Å². The highest BCUT2D eigenvalue weighted by Gasteiger charge is 2.17. The van der Waals surface area contributed by atoms with E-state index in [1.54, 1.807) is 24.3 Å². The fourth-order valence-electron chi connectivity index (χ4n) is 1.92. The molecule has 0 fully saturated rings. The molecule has 0 N–H and O–H groups in total. The Balaban J connectivity index is 1.73. The number of rotatable bonds is 4. The largest absolute Gasteiger partial charge is 0.440 e. The minimum atomic E-state index is -0.374. The van der Waals surface area contributed by atoms with Gasteiger partial charge in [0.15, 0.2) is 0 Å². The van der Waals surface area contributed by atoms with Crippen molar-refractivity contribution in [2.75, 3.05) is 0 Å². The molecule has 0 saturated heterocycles. The Hall–Kier alpha value is -1.92. The lowest BCUT2D eigenvalue weighted by Crippen LogP contribution is -2.12. The number of thiophene rings is 1. The quantitative estimate of drug-likeness (QED) is 0.491. The Morgan fingerprint density at radius 3 is 2.86 bits per heavy atom. The second-order valence-electron chi connectivity index (χ2n) is 4.58. The van der Waals surface area contributed by atoms with Crippen molar-refractivity contribution >= 4 is 33.2 Å². The molecule has 3 rings (SSSR count). The van der Waals surface area contributed by atoms with Crippen LogP contribution in [0.5, 0.6) is 5.75 Å². The number of carbonyl (C=O) groups excluding carboxylic acids is 1. The van der Waals surface area contributed by atoms with Gasteiger partial charge in [0.2, 0.25) is 5.89 Å². The Kier molecular flexibility index (Phi) is 4.40. The highest BCUT2D eigenvalue weighted by atomic mass is 79.9. The lowest BCUT2D eigenvalue weighted by atomic mass is 10.3. The molecule has 3 aromatic rings. The maximum atomic E-state index is 12.1. The van der Waals surface area contributed by atoms with Crippen molar-refractivity contribution in [1.29, 1.82) is 0 Å². The summed E-state index contributed by atoms with van der Waals surface area (Å²) in [4.78, 5) is 17.4. The van der Waals surface area contributed by atoms with E-state index >= 15 is 0 Å². The number of benzene rings is 1. The van der Waals surface area contributed by atoms with Gasteiger partial charge in [0.05, 0.1) is 21.5 Å². The number of aromatic nitrogens is 1. The molecule has 0 aliphatic rings. The topological polar surface area (TPSA) is 52.3 Å². The highest BCUT2D eigenvalue weighted by molar-refractivity contribution is 9.10. The van der Waals surface area contributed by atoms with Gasteiger partial charge in [0, 0.05) is 0 Å². The molecule has 0 aliphatic heterocycles. The summed E-state index contributed by atoms with van der Waals surface area (Å²) in [6.07, 6.45) is 0.0715. The van der Waals surface area contributed by atoms with Crippen LogP contribution in [0.1, 0.15) is 11.5 Å². The summed E-state index contributed by atoms with van der Waals surface area (Å²) < 4.78 is 11.7. The molecular formula is C16H12BrNO3S. The number of halogens is 1. The maximum absolute atomic E-state index is 12.1. The van der Waals surface area contributed by atoms with Gasteiger partial charge in [-0.25, -0.2) is 4.98 Å². The van der Waals surface area contributed by atoms with Crippen LogP contribution in [0, 0.1) is 6.92 Å². The van der Waals surface area contributed by atoms with E-state index in [1.807, 2.05) is 35.7 Å². The van der Waals surface area contributed by atoms with E-state index in [2.05, 4.69) is 20.9 Å². The molecule has 6 heteroatoms. The maximum Gasteiger partial charge on any atom is 0.317 e. The SMILES string of the molecule is Cc1oc(-c2cccs2)nc1CC(=O)Oc1ccccc1Br. The second kappa shape index (κ2) is 6.46. The van der Waals surface area contributed by atoms with Gasteiger partial charge in [-0.3, -0.25) is 4.79 Å². The zero-order valence-electron chi connectivity index (χ0n) is 11.7. The third-order valence-electron chi connectivity index (χ3n) is 3.00. The van der Waals surface area contributed by atoms with Crippen molar-refractivity contribution in [2.45, 2.75) is 13.3 Å². The number of hydrogen-bond acceptors (Lipinski definition) is 5.